The molecule has 0 aromatic heterocycles. The lowest BCUT2D eigenvalue weighted by molar-refractivity contribution is -0.171. The number of Topliss-reactive ketones (excluding diaryl/α,β-unsaturated/α-hetero) is 2. The van der Waals surface area contributed by atoms with E-state index in [1.165, 1.54) is 5.57 Å². The summed E-state index contributed by atoms with van der Waals surface area (Å²) in [4.78, 5) is 54.1. The second-order valence-electron chi connectivity index (χ2n) is 19.3. The largest absolute Gasteiger partial charge is 0.506 e. The molecule has 4 fully saturated rings. The van der Waals surface area contributed by atoms with Gasteiger partial charge >= 0.3 is 6.03 Å². The molecule has 5 heterocycles. The number of amides is 3. The summed E-state index contributed by atoms with van der Waals surface area (Å²) in [6, 6.07) is 0.0819. The molecule has 0 unspecified atom stereocenters. The Morgan fingerprint density at radius 2 is 1.73 bits per heavy atom. The number of nitrogens with one attached hydrogen (secondary N) is 5. The van der Waals surface area contributed by atoms with E-state index in [4.69, 9.17) is 14.2 Å². The summed E-state index contributed by atoms with van der Waals surface area (Å²) in [6.45, 7) is 17.6. The number of ether oxygens (including phenoxy) is 3. The molecule has 3 saturated heterocycles. The molecule has 1 aromatic carbocycles. The Balaban J connectivity index is 1.00. The number of phenolic OH excluding ortho intramolecular Hbond substituents is 1. The zero-order chi connectivity index (χ0) is 44.4. The SMILES string of the molecule is CC(C)=CCC[C@]1(C)C=Cc2c(O)c3c(c(CC=C(C)C)c2O1)O[C@]12C(=C[C@@H]4C[C@H]1C(C)(C)O[C@@]2(C/C=C(\C)NCCNC(=O)CCCN[C@@H]1SC[C@@H]2NC(=O)N[C@@H]21)C4=O)C3=O. The van der Waals surface area contributed by atoms with Crippen LogP contribution >= 0.6 is 11.8 Å². The third kappa shape index (κ3) is 7.57. The quantitative estimate of drug-likeness (QED) is 0.0624. The molecular formula is C48H63N5O8S. The normalized spacial score (nSPS) is 31.7. The van der Waals surface area contributed by atoms with Gasteiger partial charge in [0.2, 0.25) is 5.91 Å². The van der Waals surface area contributed by atoms with Crippen LogP contribution in [-0.2, 0) is 20.7 Å². The summed E-state index contributed by atoms with van der Waals surface area (Å²) >= 11 is 1.77. The van der Waals surface area contributed by atoms with Crippen LogP contribution in [-0.4, -0.2) is 93.9 Å². The highest BCUT2D eigenvalue weighted by Gasteiger charge is 2.81. The number of rotatable bonds is 16. The van der Waals surface area contributed by atoms with E-state index >= 15 is 4.79 Å². The standard InChI is InChI=1S/C48H63N5O8S/c1-26(2)11-9-17-46(8)18-16-30-38(55)36-39(56)32-23-29-24-34-45(6,7)61-47(42(29)57,48(32,34)60-41(36)31(40(30)59-46)14-13-27(3)4)19-15-28(5)49-21-22-50-35(54)12-10-20-51-43-37-33(25-62-43)52-44(58)53-37/h11,13,15-16,18,23,29,33-34,37,43,49,51,55H,9-10,12,14,17,19-22,24-25H2,1-8H3,(H,50,54)(H2,52,53,58)/b28-15+/t29-,33+,34+,37+,43-,46-,47+,48-/m1/s1. The van der Waals surface area contributed by atoms with Gasteiger partial charge in [-0.3, -0.25) is 14.4 Å². The van der Waals surface area contributed by atoms with Crippen molar-refractivity contribution in [3.8, 4) is 17.2 Å². The Morgan fingerprint density at radius 3 is 2.48 bits per heavy atom. The van der Waals surface area contributed by atoms with Gasteiger partial charge in [-0.2, -0.15) is 0 Å². The van der Waals surface area contributed by atoms with Gasteiger partial charge < -0.3 is 45.9 Å². The maximum Gasteiger partial charge on any atom is 0.315 e. The van der Waals surface area contributed by atoms with Gasteiger partial charge in [0, 0.05) is 60.4 Å². The summed E-state index contributed by atoms with van der Waals surface area (Å²) < 4.78 is 21.2. The molecule has 0 radical (unpaired) electrons. The van der Waals surface area contributed by atoms with Crippen LogP contribution in [0.1, 0.15) is 115 Å². The number of hydrogen-bond donors (Lipinski definition) is 6. The van der Waals surface area contributed by atoms with Crippen molar-refractivity contribution < 1.29 is 38.5 Å². The molecule has 9 rings (SSSR count). The van der Waals surface area contributed by atoms with Crippen molar-refractivity contribution in [2.75, 3.05) is 25.4 Å². The van der Waals surface area contributed by atoms with Crippen LogP contribution in [0, 0.1) is 11.8 Å². The summed E-state index contributed by atoms with van der Waals surface area (Å²) in [5.41, 5.74) is 0.239. The van der Waals surface area contributed by atoms with Crippen LogP contribution in [0.2, 0.25) is 0 Å². The van der Waals surface area contributed by atoms with E-state index in [0.29, 0.717) is 74.2 Å². The third-order valence-electron chi connectivity index (χ3n) is 13.8. The predicted molar refractivity (Wildman–Crippen MR) is 240 cm³/mol. The number of hydrogen-bond acceptors (Lipinski definition) is 11. The van der Waals surface area contributed by atoms with E-state index < -0.39 is 28.3 Å². The van der Waals surface area contributed by atoms with E-state index in [9.17, 15) is 19.5 Å². The maximum absolute atomic E-state index is 15.1. The van der Waals surface area contributed by atoms with E-state index in [1.54, 1.807) is 17.8 Å². The number of benzene rings is 1. The van der Waals surface area contributed by atoms with Gasteiger partial charge in [0.1, 0.15) is 28.4 Å². The van der Waals surface area contributed by atoms with Gasteiger partial charge in [0.25, 0.3) is 0 Å². The van der Waals surface area contributed by atoms with Gasteiger partial charge in [0.15, 0.2) is 22.8 Å². The van der Waals surface area contributed by atoms with Gasteiger partial charge in [-0.15, -0.1) is 11.8 Å². The molecule has 13 nitrogen and oxygen atoms in total. The van der Waals surface area contributed by atoms with Gasteiger partial charge in [-0.25, -0.2) is 4.79 Å². The number of aromatic hydroxyl groups is 1. The average molecular weight is 870 g/mol. The first-order chi connectivity index (χ1) is 29.4. The molecule has 3 aliphatic carbocycles. The average Bonchev–Trinajstić information content (AvgIpc) is 3.81. The Labute approximate surface area is 369 Å². The Hall–Kier alpha value is -4.53. The minimum atomic E-state index is -1.51. The molecule has 1 aromatic rings. The van der Waals surface area contributed by atoms with Crippen molar-refractivity contribution >= 4 is 41.3 Å². The fraction of sp³-hybridized carbons (Fsp3) is 0.583. The van der Waals surface area contributed by atoms with Gasteiger partial charge in [-0.05, 0) is 106 Å². The number of phenols is 1. The highest BCUT2D eigenvalue weighted by molar-refractivity contribution is 8.00. The number of urea groups is 1. The Bertz CT molecular complexity index is 2220. The number of ketones is 2. The van der Waals surface area contributed by atoms with Crippen molar-refractivity contribution in [3.63, 3.8) is 0 Å². The van der Waals surface area contributed by atoms with Crippen molar-refractivity contribution in [3.05, 3.63) is 69.5 Å². The first-order valence-corrected chi connectivity index (χ1v) is 23.3. The van der Waals surface area contributed by atoms with E-state index in [0.717, 1.165) is 23.4 Å². The fourth-order valence-corrected chi connectivity index (χ4v) is 12.1. The lowest BCUT2D eigenvalue weighted by Crippen LogP contribution is -2.72. The molecule has 8 aliphatic rings. The molecule has 5 aliphatic heterocycles. The summed E-state index contributed by atoms with van der Waals surface area (Å²) in [6.07, 6.45) is 15.4. The van der Waals surface area contributed by atoms with Crippen molar-refractivity contribution in [2.24, 2.45) is 11.8 Å². The molecule has 1 saturated carbocycles. The second kappa shape index (κ2) is 16.5. The van der Waals surface area contributed by atoms with Crippen LogP contribution in [0.3, 0.4) is 0 Å². The van der Waals surface area contributed by atoms with Gasteiger partial charge in [-0.1, -0.05) is 35.5 Å². The lowest BCUT2D eigenvalue weighted by atomic mass is 9.51. The molecule has 3 amide bonds. The highest BCUT2D eigenvalue weighted by atomic mass is 32.2. The number of thioether (sulfide) groups is 1. The van der Waals surface area contributed by atoms with Crippen LogP contribution in [0.15, 0.2) is 52.8 Å². The van der Waals surface area contributed by atoms with Gasteiger partial charge in [0.05, 0.1) is 28.6 Å². The van der Waals surface area contributed by atoms with Crippen molar-refractivity contribution in [2.45, 2.75) is 140 Å². The zero-order valence-electron chi connectivity index (χ0n) is 37.3. The summed E-state index contributed by atoms with van der Waals surface area (Å²) in [5.74, 6) is 0.0476. The zero-order valence-corrected chi connectivity index (χ0v) is 38.2. The Morgan fingerprint density at radius 1 is 0.968 bits per heavy atom. The second-order valence-corrected chi connectivity index (χ2v) is 20.5. The number of carbonyl (C=O) groups excluding carboxylic acids is 4. The first-order valence-electron chi connectivity index (χ1n) is 22.3. The maximum atomic E-state index is 15.1. The number of allylic oxidation sites excluding steroid dienone is 6. The minimum absolute atomic E-state index is 0.0396. The van der Waals surface area contributed by atoms with Crippen LogP contribution in [0.5, 0.6) is 17.2 Å². The smallest absolute Gasteiger partial charge is 0.315 e. The van der Waals surface area contributed by atoms with Crippen molar-refractivity contribution in [1.29, 1.82) is 0 Å². The topological polar surface area (TPSA) is 176 Å². The minimum Gasteiger partial charge on any atom is -0.506 e. The molecule has 14 heteroatoms. The van der Waals surface area contributed by atoms with E-state index in [-0.39, 0.29) is 70.4 Å². The molecule has 6 N–H and O–H groups in total. The molecule has 4 bridgehead atoms. The van der Waals surface area contributed by atoms with Crippen LogP contribution < -0.4 is 36.1 Å². The van der Waals surface area contributed by atoms with E-state index in [2.05, 4.69) is 52.6 Å². The monoisotopic (exact) mass is 869 g/mol. The van der Waals surface area contributed by atoms with E-state index in [1.807, 2.05) is 59.8 Å². The third-order valence-corrected chi connectivity index (χ3v) is 15.1. The molecule has 62 heavy (non-hydrogen) atoms. The number of carbonyl (C=O) groups is 4. The lowest BCUT2D eigenvalue weighted by Gasteiger charge is -2.56. The summed E-state index contributed by atoms with van der Waals surface area (Å²) in [7, 11) is 0. The molecule has 8 atom stereocenters. The van der Waals surface area contributed by atoms with Crippen molar-refractivity contribution in [1.82, 2.24) is 26.6 Å². The summed E-state index contributed by atoms with van der Waals surface area (Å²) in [5, 5.41) is 27.9. The molecular weight excluding hydrogens is 807 g/mol. The van der Waals surface area contributed by atoms with Crippen LogP contribution in [0.4, 0.5) is 4.79 Å². The predicted octanol–water partition coefficient (Wildman–Crippen LogP) is 6.31. The number of fused-ring (bicyclic) bond motifs is 3. The highest BCUT2D eigenvalue weighted by Crippen LogP contribution is 2.68. The fourth-order valence-electron chi connectivity index (χ4n) is 10.7. The van der Waals surface area contributed by atoms with Crippen LogP contribution in [0.25, 0.3) is 6.08 Å². The Kier molecular flexibility index (Phi) is 11.8. The first kappa shape index (κ1) is 44.1. The molecule has 1 spiro atoms. The molecule has 334 valence electrons.